The molecule has 6 rings (SSSR count). The second-order valence-electron chi connectivity index (χ2n) is 9.20. The molecular weight excluding hydrogens is 491 g/mol. The van der Waals surface area contributed by atoms with E-state index in [-0.39, 0.29) is 6.16 Å². The van der Waals surface area contributed by atoms with Crippen molar-refractivity contribution in [1.82, 2.24) is 9.55 Å². The van der Waals surface area contributed by atoms with Crippen molar-refractivity contribution in [1.29, 1.82) is 0 Å². The van der Waals surface area contributed by atoms with E-state index in [9.17, 15) is 4.57 Å². The molecule has 5 nitrogen and oxygen atoms in total. The van der Waals surface area contributed by atoms with Crippen LogP contribution in [0.15, 0.2) is 103 Å². The van der Waals surface area contributed by atoms with Gasteiger partial charge < -0.3 is 9.05 Å². The summed E-state index contributed by atoms with van der Waals surface area (Å²) in [5.41, 5.74) is 4.97. The maximum atomic E-state index is 13.1. The second-order valence-corrected chi connectivity index (χ2v) is 11.3. The first-order valence-electron chi connectivity index (χ1n) is 13.0. The number of benzene rings is 5. The van der Waals surface area contributed by atoms with Gasteiger partial charge in [-0.15, -0.1) is 0 Å². The first kappa shape index (κ1) is 24.6. The van der Waals surface area contributed by atoms with Gasteiger partial charge >= 0.3 is 7.60 Å². The van der Waals surface area contributed by atoms with Gasteiger partial charge in [0.05, 0.1) is 30.4 Å². The minimum absolute atomic E-state index is 0.235. The van der Waals surface area contributed by atoms with E-state index in [2.05, 4.69) is 77.4 Å². The minimum atomic E-state index is -3.19. The molecular formula is C32H29N2O3P. The van der Waals surface area contributed by atoms with E-state index >= 15 is 0 Å². The summed E-state index contributed by atoms with van der Waals surface area (Å²) in [5, 5.41) is 4.67. The minimum Gasteiger partial charge on any atom is -0.309 e. The third kappa shape index (κ3) is 4.33. The SMILES string of the molecule is CCOP(=O)(Cc1ccc(-n2c(-c3ccccc3)nc3c4ccccc4c4ccccc4c32)cc1)OCC. The van der Waals surface area contributed by atoms with Crippen LogP contribution >= 0.6 is 7.60 Å². The average Bonchev–Trinajstić information content (AvgIpc) is 3.35. The molecule has 0 N–H and O–H groups in total. The maximum absolute atomic E-state index is 13.1. The molecule has 5 aromatic carbocycles. The molecule has 1 aromatic heterocycles. The Morgan fingerprint density at radius 3 is 1.87 bits per heavy atom. The second kappa shape index (κ2) is 10.2. The van der Waals surface area contributed by atoms with Gasteiger partial charge in [0, 0.05) is 22.0 Å². The molecule has 1 heterocycles. The number of nitrogens with zero attached hydrogens (tertiary/aromatic N) is 2. The van der Waals surface area contributed by atoms with E-state index < -0.39 is 7.60 Å². The molecule has 38 heavy (non-hydrogen) atoms. The van der Waals surface area contributed by atoms with Crippen LogP contribution in [0.4, 0.5) is 0 Å². The molecule has 0 aliphatic rings. The Morgan fingerprint density at radius 1 is 0.684 bits per heavy atom. The Morgan fingerprint density at radius 2 is 1.24 bits per heavy atom. The summed E-state index contributed by atoms with van der Waals surface area (Å²) in [6.45, 7) is 4.35. The molecule has 0 amide bonds. The quantitative estimate of drug-likeness (QED) is 0.149. The smallest absolute Gasteiger partial charge is 0.309 e. The predicted molar refractivity (Wildman–Crippen MR) is 156 cm³/mol. The first-order chi connectivity index (χ1) is 18.6. The van der Waals surface area contributed by atoms with Crippen molar-refractivity contribution in [3.8, 4) is 17.1 Å². The van der Waals surface area contributed by atoms with Crippen LogP contribution in [-0.4, -0.2) is 22.8 Å². The summed E-state index contributed by atoms with van der Waals surface area (Å²) < 4.78 is 26.4. The van der Waals surface area contributed by atoms with Gasteiger partial charge in [0.15, 0.2) is 0 Å². The molecule has 6 aromatic rings. The molecule has 0 unspecified atom stereocenters. The van der Waals surface area contributed by atoms with Crippen LogP contribution in [0.1, 0.15) is 19.4 Å². The maximum Gasteiger partial charge on any atom is 0.335 e. The zero-order valence-electron chi connectivity index (χ0n) is 21.5. The molecule has 0 atom stereocenters. The van der Waals surface area contributed by atoms with Gasteiger partial charge in [-0.3, -0.25) is 9.13 Å². The number of aromatic nitrogens is 2. The molecule has 190 valence electrons. The summed E-state index contributed by atoms with van der Waals surface area (Å²) in [6, 6.07) is 35.4. The van der Waals surface area contributed by atoms with E-state index in [1.807, 2.05) is 44.2 Å². The third-order valence-corrected chi connectivity index (χ3v) is 8.84. The predicted octanol–water partition coefficient (Wildman–Crippen LogP) is 8.77. The van der Waals surface area contributed by atoms with Crippen LogP contribution < -0.4 is 0 Å². The molecule has 6 heteroatoms. The lowest BCUT2D eigenvalue weighted by Gasteiger charge is -2.17. The monoisotopic (exact) mass is 520 g/mol. The molecule has 0 aliphatic heterocycles. The van der Waals surface area contributed by atoms with Gasteiger partial charge in [0.25, 0.3) is 0 Å². The Hall–Kier alpha value is -3.76. The molecule has 0 saturated carbocycles. The molecule has 0 spiro atoms. The lowest BCUT2D eigenvalue weighted by molar-refractivity contribution is 0.219. The summed E-state index contributed by atoms with van der Waals surface area (Å²) in [5.74, 6) is 0.879. The lowest BCUT2D eigenvalue weighted by atomic mass is 10.00. The van der Waals surface area contributed by atoms with Crippen LogP contribution in [0.2, 0.25) is 0 Å². The van der Waals surface area contributed by atoms with Crippen molar-refractivity contribution in [3.05, 3.63) is 109 Å². The van der Waals surface area contributed by atoms with Gasteiger partial charge in [0.1, 0.15) is 5.82 Å². The van der Waals surface area contributed by atoms with Crippen LogP contribution in [0.5, 0.6) is 0 Å². The van der Waals surface area contributed by atoms with Crippen LogP contribution in [0.25, 0.3) is 49.7 Å². The molecule has 0 saturated heterocycles. The Balaban J connectivity index is 1.59. The fraction of sp³-hybridized carbons (Fsp3) is 0.156. The normalized spacial score (nSPS) is 12.1. The standard InChI is InChI=1S/C32H29N2O3P/c1-3-36-38(35,37-4-2)22-23-18-20-25(21-19-23)34-31-29-17-11-9-15-27(29)26-14-8-10-16-28(26)30(31)33-32(34)24-12-6-5-7-13-24/h5-21H,3-4,22H2,1-2H3. The van der Waals surface area contributed by atoms with E-state index in [1.54, 1.807) is 0 Å². The van der Waals surface area contributed by atoms with Crippen molar-refractivity contribution >= 4 is 40.2 Å². The summed E-state index contributed by atoms with van der Waals surface area (Å²) >= 11 is 0. The van der Waals surface area contributed by atoms with Crippen LogP contribution in [0.3, 0.4) is 0 Å². The van der Waals surface area contributed by atoms with Crippen LogP contribution in [0, 0.1) is 0 Å². The number of imidazole rings is 1. The number of hydrogen-bond acceptors (Lipinski definition) is 4. The zero-order chi connectivity index (χ0) is 26.1. The number of rotatable bonds is 8. The lowest BCUT2D eigenvalue weighted by Crippen LogP contribution is -2.01. The van der Waals surface area contributed by atoms with E-state index in [4.69, 9.17) is 14.0 Å². The highest BCUT2D eigenvalue weighted by Crippen LogP contribution is 2.51. The average molecular weight is 521 g/mol. The van der Waals surface area contributed by atoms with E-state index in [0.717, 1.165) is 44.4 Å². The van der Waals surface area contributed by atoms with Gasteiger partial charge in [-0.1, -0.05) is 91.0 Å². The van der Waals surface area contributed by atoms with Gasteiger partial charge in [-0.05, 0) is 42.3 Å². The number of fused-ring (bicyclic) bond motifs is 6. The highest BCUT2D eigenvalue weighted by Gasteiger charge is 2.24. The molecule has 0 aliphatic carbocycles. The topological polar surface area (TPSA) is 53.4 Å². The Kier molecular flexibility index (Phi) is 6.59. The highest BCUT2D eigenvalue weighted by molar-refractivity contribution is 7.53. The Bertz CT molecular complexity index is 1780. The molecule has 0 bridgehead atoms. The molecule has 0 fully saturated rings. The van der Waals surface area contributed by atoms with Gasteiger partial charge in [0.2, 0.25) is 0 Å². The zero-order valence-corrected chi connectivity index (χ0v) is 22.4. The van der Waals surface area contributed by atoms with Gasteiger partial charge in [-0.25, -0.2) is 4.98 Å². The van der Waals surface area contributed by atoms with Gasteiger partial charge in [-0.2, -0.15) is 0 Å². The van der Waals surface area contributed by atoms with Crippen molar-refractivity contribution < 1.29 is 13.6 Å². The largest absolute Gasteiger partial charge is 0.335 e. The third-order valence-electron chi connectivity index (χ3n) is 6.79. The van der Waals surface area contributed by atoms with E-state index in [0.29, 0.717) is 13.2 Å². The highest BCUT2D eigenvalue weighted by atomic mass is 31.2. The molecule has 0 radical (unpaired) electrons. The van der Waals surface area contributed by atoms with Crippen molar-refractivity contribution in [2.75, 3.05) is 13.2 Å². The summed E-state index contributed by atoms with van der Waals surface area (Å²) in [7, 11) is -3.19. The summed E-state index contributed by atoms with van der Waals surface area (Å²) in [6.07, 6.45) is 0.235. The van der Waals surface area contributed by atoms with Crippen molar-refractivity contribution in [3.63, 3.8) is 0 Å². The summed E-state index contributed by atoms with van der Waals surface area (Å²) in [4.78, 5) is 5.25. The van der Waals surface area contributed by atoms with Crippen molar-refractivity contribution in [2.45, 2.75) is 20.0 Å². The fourth-order valence-corrected chi connectivity index (χ4v) is 6.94. The first-order valence-corrected chi connectivity index (χ1v) is 14.7. The fourth-order valence-electron chi connectivity index (χ4n) is 5.23. The van der Waals surface area contributed by atoms with E-state index in [1.165, 1.54) is 10.8 Å². The van der Waals surface area contributed by atoms with Crippen LogP contribution in [-0.2, 0) is 19.8 Å². The number of hydrogen-bond donors (Lipinski definition) is 0. The van der Waals surface area contributed by atoms with Crippen molar-refractivity contribution in [2.24, 2.45) is 0 Å². The Labute approximate surface area is 222 Å².